The fraction of sp³-hybridized carbons (Fsp3) is 0.667. The molecule has 0 atom stereocenters. The number of hydrogen-bond donors (Lipinski definition) is 1. The summed E-state index contributed by atoms with van der Waals surface area (Å²) in [4.78, 5) is 0. The van der Waals surface area contributed by atoms with Crippen LogP contribution in [0.2, 0.25) is 0 Å². The molecular weight excluding hydrogens is 228 g/mol. The summed E-state index contributed by atoms with van der Waals surface area (Å²) in [6.45, 7) is 2.21. The van der Waals surface area contributed by atoms with E-state index in [1.54, 1.807) is 0 Å². The molecule has 0 saturated heterocycles. The third-order valence-electron chi connectivity index (χ3n) is 2.72. The van der Waals surface area contributed by atoms with E-state index in [1.165, 1.54) is 12.8 Å². The first-order valence-electron chi connectivity index (χ1n) is 5.82. The third-order valence-corrected chi connectivity index (χ3v) is 2.72. The van der Waals surface area contributed by atoms with Crippen molar-refractivity contribution in [3.63, 3.8) is 0 Å². The Kier molecular flexibility index (Phi) is 4.12. The number of rotatable bonds is 7. The molecule has 1 fully saturated rings. The first-order valence-corrected chi connectivity index (χ1v) is 5.82. The number of halogens is 2. The topological polar surface area (TPSA) is 34.4 Å². The maximum atomic E-state index is 11.9. The molecule has 1 aromatic rings. The van der Waals surface area contributed by atoms with Gasteiger partial charge in [0.15, 0.2) is 0 Å². The summed E-state index contributed by atoms with van der Waals surface area (Å²) in [6.07, 6.45) is 0.0461. The van der Waals surface area contributed by atoms with Crippen LogP contribution in [0.15, 0.2) is 10.5 Å². The quantitative estimate of drug-likeness (QED) is 0.801. The molecule has 2 rings (SSSR count). The van der Waals surface area contributed by atoms with Gasteiger partial charge in [0.25, 0.3) is 6.43 Å². The number of ether oxygens (including phenoxy) is 1. The van der Waals surface area contributed by atoms with E-state index in [2.05, 4.69) is 5.32 Å². The van der Waals surface area contributed by atoms with Crippen LogP contribution < -0.4 is 5.32 Å². The van der Waals surface area contributed by atoms with Crippen LogP contribution in [0.1, 0.15) is 29.9 Å². The molecule has 1 aliphatic carbocycles. The van der Waals surface area contributed by atoms with E-state index in [-0.39, 0.29) is 6.61 Å². The number of furan rings is 1. The van der Waals surface area contributed by atoms with Gasteiger partial charge < -0.3 is 14.5 Å². The van der Waals surface area contributed by atoms with E-state index in [1.807, 2.05) is 13.0 Å². The second kappa shape index (κ2) is 5.60. The van der Waals surface area contributed by atoms with Crippen molar-refractivity contribution in [2.45, 2.75) is 45.4 Å². The Hall–Kier alpha value is -0.940. The maximum absolute atomic E-state index is 11.9. The highest BCUT2D eigenvalue weighted by atomic mass is 19.3. The van der Waals surface area contributed by atoms with Gasteiger partial charge in [-0.05, 0) is 25.8 Å². The number of aryl methyl sites for hydroxylation is 1. The van der Waals surface area contributed by atoms with Crippen molar-refractivity contribution in [2.75, 3.05) is 6.61 Å². The summed E-state index contributed by atoms with van der Waals surface area (Å²) in [5.74, 6) is 1.43. The van der Waals surface area contributed by atoms with Gasteiger partial charge in [0, 0.05) is 18.2 Å². The minimum atomic E-state index is -2.43. The zero-order valence-corrected chi connectivity index (χ0v) is 9.84. The standard InChI is InChI=1S/C12H17F2NO2/c1-8-9(5-15-10-2-3-10)4-11(17-8)6-16-7-12(13)14/h4,10,12,15H,2-3,5-7H2,1H3. The van der Waals surface area contributed by atoms with Crippen LogP contribution in [0.25, 0.3) is 0 Å². The first kappa shape index (κ1) is 12.5. The van der Waals surface area contributed by atoms with Crippen molar-refractivity contribution in [1.82, 2.24) is 5.32 Å². The van der Waals surface area contributed by atoms with Crippen LogP contribution in [-0.4, -0.2) is 19.1 Å². The molecule has 1 heterocycles. The highest BCUT2D eigenvalue weighted by Crippen LogP contribution is 2.21. The van der Waals surface area contributed by atoms with E-state index in [4.69, 9.17) is 9.15 Å². The number of hydrogen-bond acceptors (Lipinski definition) is 3. The fourth-order valence-electron chi connectivity index (χ4n) is 1.62. The molecule has 1 N–H and O–H groups in total. The summed E-state index contributed by atoms with van der Waals surface area (Å²) in [7, 11) is 0. The maximum Gasteiger partial charge on any atom is 0.261 e. The lowest BCUT2D eigenvalue weighted by Gasteiger charge is -1.99. The molecule has 1 aromatic heterocycles. The molecule has 96 valence electrons. The van der Waals surface area contributed by atoms with Gasteiger partial charge in [0.1, 0.15) is 24.7 Å². The van der Waals surface area contributed by atoms with Crippen LogP contribution in [0, 0.1) is 6.92 Å². The Morgan fingerprint density at radius 2 is 2.29 bits per heavy atom. The molecule has 0 aliphatic heterocycles. The minimum absolute atomic E-state index is 0.106. The Labute approximate surface area is 99.1 Å². The molecule has 0 aromatic carbocycles. The van der Waals surface area contributed by atoms with Gasteiger partial charge in [-0.15, -0.1) is 0 Å². The lowest BCUT2D eigenvalue weighted by Crippen LogP contribution is -2.15. The van der Waals surface area contributed by atoms with Crippen molar-refractivity contribution in [2.24, 2.45) is 0 Å². The second-order valence-corrected chi connectivity index (χ2v) is 4.36. The van der Waals surface area contributed by atoms with Crippen LogP contribution in [-0.2, 0) is 17.9 Å². The summed E-state index contributed by atoms with van der Waals surface area (Å²) < 4.78 is 34.0. The highest BCUT2D eigenvalue weighted by Gasteiger charge is 2.20. The Morgan fingerprint density at radius 3 is 2.94 bits per heavy atom. The zero-order chi connectivity index (χ0) is 12.3. The van der Waals surface area contributed by atoms with E-state index in [0.717, 1.165) is 17.9 Å². The van der Waals surface area contributed by atoms with Gasteiger partial charge >= 0.3 is 0 Å². The van der Waals surface area contributed by atoms with Crippen molar-refractivity contribution in [3.05, 3.63) is 23.2 Å². The molecule has 0 unspecified atom stereocenters. The average molecular weight is 245 g/mol. The Balaban J connectivity index is 1.79. The third kappa shape index (κ3) is 4.09. The molecule has 0 amide bonds. The monoisotopic (exact) mass is 245 g/mol. The molecule has 3 nitrogen and oxygen atoms in total. The van der Waals surface area contributed by atoms with Crippen molar-refractivity contribution >= 4 is 0 Å². The largest absolute Gasteiger partial charge is 0.464 e. The summed E-state index contributed by atoms with van der Waals surface area (Å²) in [5.41, 5.74) is 1.08. The van der Waals surface area contributed by atoms with Gasteiger partial charge in [-0.1, -0.05) is 0 Å². The average Bonchev–Trinajstić information content (AvgIpc) is 3.01. The van der Waals surface area contributed by atoms with Crippen molar-refractivity contribution in [1.29, 1.82) is 0 Å². The SMILES string of the molecule is Cc1oc(COCC(F)F)cc1CNC1CC1. The first-order chi connectivity index (χ1) is 8.15. The fourth-order valence-corrected chi connectivity index (χ4v) is 1.62. The van der Waals surface area contributed by atoms with Gasteiger partial charge in [-0.3, -0.25) is 0 Å². The van der Waals surface area contributed by atoms with Crippen molar-refractivity contribution < 1.29 is 17.9 Å². The number of alkyl halides is 2. The summed E-state index contributed by atoms with van der Waals surface area (Å²) in [5, 5.41) is 3.38. The molecule has 1 aliphatic rings. The van der Waals surface area contributed by atoms with E-state index >= 15 is 0 Å². The zero-order valence-electron chi connectivity index (χ0n) is 9.84. The van der Waals surface area contributed by atoms with Crippen LogP contribution in [0.3, 0.4) is 0 Å². The molecule has 5 heteroatoms. The van der Waals surface area contributed by atoms with E-state index < -0.39 is 13.0 Å². The van der Waals surface area contributed by atoms with Gasteiger partial charge in [0.05, 0.1) is 0 Å². The van der Waals surface area contributed by atoms with Gasteiger partial charge in [-0.25, -0.2) is 8.78 Å². The second-order valence-electron chi connectivity index (χ2n) is 4.36. The van der Waals surface area contributed by atoms with E-state index in [9.17, 15) is 8.78 Å². The van der Waals surface area contributed by atoms with Crippen LogP contribution in [0.5, 0.6) is 0 Å². The molecule has 0 radical (unpaired) electrons. The minimum Gasteiger partial charge on any atom is -0.464 e. The normalized spacial score (nSPS) is 15.8. The summed E-state index contributed by atoms with van der Waals surface area (Å²) in [6, 6.07) is 2.51. The Morgan fingerprint density at radius 1 is 1.53 bits per heavy atom. The lowest BCUT2D eigenvalue weighted by atomic mass is 10.2. The summed E-state index contributed by atoms with van der Waals surface area (Å²) >= 11 is 0. The predicted molar refractivity (Wildman–Crippen MR) is 59.0 cm³/mol. The molecular formula is C12H17F2NO2. The van der Waals surface area contributed by atoms with Gasteiger partial charge in [0.2, 0.25) is 0 Å². The highest BCUT2D eigenvalue weighted by molar-refractivity contribution is 5.20. The lowest BCUT2D eigenvalue weighted by molar-refractivity contribution is 0.00437. The predicted octanol–water partition coefficient (Wildman–Crippen LogP) is 2.62. The van der Waals surface area contributed by atoms with Crippen LogP contribution >= 0.6 is 0 Å². The number of nitrogens with one attached hydrogen (secondary N) is 1. The van der Waals surface area contributed by atoms with Crippen LogP contribution in [0.4, 0.5) is 8.78 Å². The molecule has 17 heavy (non-hydrogen) atoms. The van der Waals surface area contributed by atoms with E-state index in [0.29, 0.717) is 11.8 Å². The Bertz CT molecular complexity index is 361. The molecule has 1 saturated carbocycles. The smallest absolute Gasteiger partial charge is 0.261 e. The molecule has 0 bridgehead atoms. The van der Waals surface area contributed by atoms with Crippen molar-refractivity contribution in [3.8, 4) is 0 Å². The molecule has 0 spiro atoms. The van der Waals surface area contributed by atoms with Gasteiger partial charge in [-0.2, -0.15) is 0 Å².